The number of carbonyl (C=O) groups is 4. The fraction of sp³-hybridized carbons (Fsp3) is 0.125. The third-order valence-corrected chi connectivity index (χ3v) is 15.6. The molecule has 0 saturated carbocycles. The number of benzene rings is 8. The van der Waals surface area contributed by atoms with Crippen molar-refractivity contribution in [3.8, 4) is 0 Å². The van der Waals surface area contributed by atoms with Crippen molar-refractivity contribution in [2.75, 3.05) is 62.8 Å². The Morgan fingerprint density at radius 3 is 1.41 bits per heavy atom. The van der Waals surface area contributed by atoms with Crippen molar-refractivity contribution in [1.82, 2.24) is 14.8 Å². The van der Waals surface area contributed by atoms with E-state index in [1.807, 2.05) is 66.3 Å². The third kappa shape index (κ3) is 23.1. The van der Waals surface area contributed by atoms with Gasteiger partial charge in [0.15, 0.2) is 0 Å². The summed E-state index contributed by atoms with van der Waals surface area (Å²) in [6.07, 6.45) is 6.43. The molecule has 9 N–H and O–H groups in total. The Hall–Kier alpha value is -10.5. The molecule has 3 aromatic heterocycles. The first-order valence-corrected chi connectivity index (χ1v) is 31.8. The van der Waals surface area contributed by atoms with Crippen LogP contribution in [0, 0.1) is 36.0 Å². The predicted molar refractivity (Wildman–Crippen MR) is 378 cm³/mol. The molecule has 16 nitrogen and oxygen atoms in total. The van der Waals surface area contributed by atoms with E-state index in [0.717, 1.165) is 41.3 Å². The van der Waals surface area contributed by atoms with E-state index >= 15 is 0 Å². The van der Waals surface area contributed by atoms with E-state index in [-0.39, 0.29) is 49.9 Å². The molecule has 0 aliphatic rings. The normalized spacial score (nSPS) is 10.5. The lowest BCUT2D eigenvalue weighted by Crippen LogP contribution is -2.13. The smallest absolute Gasteiger partial charge is 0.255 e. The number of halogens is 8. The van der Waals surface area contributed by atoms with E-state index in [1.165, 1.54) is 95.9 Å². The lowest BCUT2D eigenvalue weighted by Gasteiger charge is -2.10. The Bertz CT molecular complexity index is 4310. The summed E-state index contributed by atoms with van der Waals surface area (Å²) in [6, 6.07) is 49.9. The van der Waals surface area contributed by atoms with E-state index in [2.05, 4.69) is 52.6 Å². The molecule has 0 aliphatic heterocycles. The molecule has 0 spiro atoms. The molecule has 0 fully saturated rings. The van der Waals surface area contributed by atoms with E-state index in [0.29, 0.717) is 71.2 Å². The maximum absolute atomic E-state index is 14.0. The number of H-pyrrole nitrogens is 1. The Morgan fingerprint density at radius 2 is 0.969 bits per heavy atom. The van der Waals surface area contributed by atoms with Crippen LogP contribution in [0.2, 0.25) is 15.1 Å². The number of ether oxygens (including phenoxy) is 1. The highest BCUT2D eigenvalue weighted by Gasteiger charge is 2.15. The van der Waals surface area contributed by atoms with Gasteiger partial charge in [-0.25, -0.2) is 22.0 Å². The Labute approximate surface area is 575 Å². The van der Waals surface area contributed by atoms with Gasteiger partial charge in [0.1, 0.15) is 29.1 Å². The molecule has 0 atom stereocenters. The zero-order chi connectivity index (χ0) is 69.2. The molecule has 97 heavy (non-hydrogen) atoms. The van der Waals surface area contributed by atoms with E-state index in [9.17, 15) is 41.1 Å². The fourth-order valence-electron chi connectivity index (χ4n) is 8.84. The van der Waals surface area contributed by atoms with Crippen molar-refractivity contribution in [2.45, 2.75) is 33.0 Å². The number of anilines is 8. The van der Waals surface area contributed by atoms with Crippen LogP contribution in [0.25, 0.3) is 0 Å². The second-order valence-corrected chi connectivity index (χ2v) is 23.5. The molecule has 25 heteroatoms. The molecule has 0 aliphatic carbocycles. The molecular formula is C72H65Cl3F5N11O5S. The van der Waals surface area contributed by atoms with Crippen LogP contribution < -0.4 is 42.5 Å². The zero-order valence-corrected chi connectivity index (χ0v) is 55.4. The summed E-state index contributed by atoms with van der Waals surface area (Å²) in [5.41, 5.74) is 8.65. The van der Waals surface area contributed by atoms with Crippen molar-refractivity contribution in [3.63, 3.8) is 0 Å². The molecule has 11 rings (SSSR count). The summed E-state index contributed by atoms with van der Waals surface area (Å²) in [5, 5.41) is 29.6. The molecule has 0 bridgehead atoms. The van der Waals surface area contributed by atoms with Crippen molar-refractivity contribution in [3.05, 3.63) is 300 Å². The first-order chi connectivity index (χ1) is 46.7. The molecule has 500 valence electrons. The average Bonchev–Trinajstić information content (AvgIpc) is 1.41. The number of aromatic amines is 1. The number of methoxy groups -OCH3 is 1. The van der Waals surface area contributed by atoms with Gasteiger partial charge in [0, 0.05) is 126 Å². The summed E-state index contributed by atoms with van der Waals surface area (Å²) in [4.78, 5) is 53.5. The van der Waals surface area contributed by atoms with Gasteiger partial charge >= 0.3 is 0 Å². The number of amides is 4. The SMILES string of the molecule is COCCCNc1cccc(C(=O)Nc2ccc(F)c(Cl)c2)c1.Cc1cc(NC(=O)c2ccc(F)c(NCc3ccn(C)n3)c2)ccc1F.O=C(Nc1ccc(F)c(Cl)c1)c1cccc(NCc2cc[nH]c2)c1.O=C(Nc1ccc(F)c(Cl)c1)c1cccc(NCc2cccs2)c1. The van der Waals surface area contributed by atoms with Gasteiger partial charge in [0.2, 0.25) is 0 Å². The summed E-state index contributed by atoms with van der Waals surface area (Å²) >= 11 is 18.8. The van der Waals surface area contributed by atoms with Crippen LogP contribution in [0.5, 0.6) is 0 Å². The highest BCUT2D eigenvalue weighted by atomic mass is 35.5. The van der Waals surface area contributed by atoms with Gasteiger partial charge in [-0.15, -0.1) is 11.3 Å². The van der Waals surface area contributed by atoms with Crippen molar-refractivity contribution in [1.29, 1.82) is 0 Å². The minimum absolute atomic E-state index is 0.0286. The molecule has 0 saturated heterocycles. The van der Waals surface area contributed by atoms with E-state index < -0.39 is 29.2 Å². The lowest BCUT2D eigenvalue weighted by molar-refractivity contribution is 0.101. The second-order valence-electron chi connectivity index (χ2n) is 21.2. The van der Waals surface area contributed by atoms with Gasteiger partial charge in [-0.1, -0.05) is 59.1 Å². The van der Waals surface area contributed by atoms with Crippen LogP contribution in [0.3, 0.4) is 0 Å². The standard InChI is InChI=1S/C19H18F2N4O.C18H15ClFN3O.C18H14ClFN2OS.C17H18ClFN2O2/c1-12-9-14(4-6-16(12)20)23-19(26)13-3-5-17(21)18(10-13)22-11-15-7-8-25(2)24-15;19-16-9-15(4-5-17(16)20)23-18(24)13-2-1-3-14(8-13)22-11-12-6-7-21-10-12;19-16-10-14(6-7-17(16)20)22-18(23)12-3-1-4-13(9-12)21-11-15-5-2-8-24-15;1-23-9-3-8-20-13-5-2-4-12(10-13)17(22)21-14-6-7-16(19)15(18)11-14/h3-10,22H,11H2,1-2H3,(H,23,26);1-10,21-22H,11H2,(H,23,24);1-10,21H,11H2,(H,22,23);2,4-7,10-11,20H,3,8-9H2,1H3,(H,21,22). The molecule has 0 radical (unpaired) electrons. The highest BCUT2D eigenvalue weighted by molar-refractivity contribution is 7.09. The van der Waals surface area contributed by atoms with Crippen LogP contribution in [0.4, 0.5) is 67.5 Å². The maximum Gasteiger partial charge on any atom is 0.255 e. The Morgan fingerprint density at radius 1 is 0.495 bits per heavy atom. The summed E-state index contributed by atoms with van der Waals surface area (Å²) in [7, 11) is 3.46. The van der Waals surface area contributed by atoms with Gasteiger partial charge in [0.05, 0.1) is 33.0 Å². The molecule has 0 unspecified atom stereocenters. The zero-order valence-electron chi connectivity index (χ0n) is 52.3. The fourth-order valence-corrected chi connectivity index (χ4v) is 10.0. The van der Waals surface area contributed by atoms with Crippen molar-refractivity contribution >= 4 is 115 Å². The minimum Gasteiger partial charge on any atom is -0.385 e. The summed E-state index contributed by atoms with van der Waals surface area (Å²) < 4.78 is 73.4. The number of carbonyl (C=O) groups excluding carboxylic acids is 4. The van der Waals surface area contributed by atoms with Crippen molar-refractivity contribution in [2.24, 2.45) is 7.05 Å². The summed E-state index contributed by atoms with van der Waals surface area (Å²) in [5.74, 6) is -3.63. The van der Waals surface area contributed by atoms with Gasteiger partial charge in [0.25, 0.3) is 23.6 Å². The maximum atomic E-state index is 14.0. The van der Waals surface area contributed by atoms with E-state index in [4.69, 9.17) is 39.5 Å². The Kier molecular flexibility index (Phi) is 27.2. The lowest BCUT2D eigenvalue weighted by atomic mass is 10.1. The van der Waals surface area contributed by atoms with Crippen LogP contribution in [0.15, 0.2) is 212 Å². The third-order valence-electron chi connectivity index (χ3n) is 13.8. The van der Waals surface area contributed by atoms with Gasteiger partial charge in [-0.05, 0) is 194 Å². The number of nitrogens with zero attached hydrogens (tertiary/aromatic N) is 2. The summed E-state index contributed by atoms with van der Waals surface area (Å²) in [6.45, 7) is 4.74. The number of aryl methyl sites for hydroxylation is 2. The van der Waals surface area contributed by atoms with E-state index in [1.54, 1.807) is 91.8 Å². The van der Waals surface area contributed by atoms with Crippen LogP contribution >= 0.6 is 46.1 Å². The largest absolute Gasteiger partial charge is 0.385 e. The molecule has 3 heterocycles. The highest BCUT2D eigenvalue weighted by Crippen LogP contribution is 2.26. The second kappa shape index (κ2) is 36.4. The number of rotatable bonds is 22. The predicted octanol–water partition coefficient (Wildman–Crippen LogP) is 18.1. The molecule has 8 aromatic carbocycles. The number of nitrogens with one attached hydrogen (secondary N) is 9. The van der Waals surface area contributed by atoms with Crippen LogP contribution in [-0.2, 0) is 31.4 Å². The molecular weight excluding hydrogens is 1330 g/mol. The quantitative estimate of drug-likeness (QED) is 0.0232. The molecule has 4 amide bonds. The first-order valence-electron chi connectivity index (χ1n) is 29.8. The van der Waals surface area contributed by atoms with Crippen molar-refractivity contribution < 1.29 is 45.9 Å². The average molecular weight is 1400 g/mol. The van der Waals surface area contributed by atoms with Gasteiger partial charge in [-0.2, -0.15) is 5.10 Å². The number of hydrogen-bond acceptors (Lipinski definition) is 11. The number of thiophene rings is 1. The molecule has 11 aromatic rings. The minimum atomic E-state index is -0.523. The van der Waals surface area contributed by atoms with Gasteiger partial charge in [-0.3, -0.25) is 23.9 Å². The first kappa shape index (κ1) is 72.3. The van der Waals surface area contributed by atoms with Gasteiger partial charge < -0.3 is 52.3 Å². The monoisotopic (exact) mass is 1400 g/mol. The number of hydrogen-bond donors (Lipinski definition) is 9. The van der Waals surface area contributed by atoms with Crippen LogP contribution in [-0.4, -0.2) is 58.7 Å². The van der Waals surface area contributed by atoms with Crippen LogP contribution in [0.1, 0.15) is 69.6 Å². The Balaban J connectivity index is 0.000000165. The topological polar surface area (TPSA) is 207 Å². The number of aromatic nitrogens is 3.